The van der Waals surface area contributed by atoms with Crippen LogP contribution in [-0.2, 0) is 6.42 Å². The third-order valence-electron chi connectivity index (χ3n) is 5.23. The van der Waals surface area contributed by atoms with Gasteiger partial charge in [-0.25, -0.2) is 4.98 Å². The monoisotopic (exact) mass is 441 g/mol. The molecule has 3 N–H and O–H groups in total. The molecule has 0 bridgehead atoms. The highest BCUT2D eigenvalue weighted by atomic mass is 35.5. The normalized spacial score (nSPS) is 10.4. The summed E-state index contributed by atoms with van der Waals surface area (Å²) in [4.78, 5) is 4.80. The number of aryl methyl sites for hydroxylation is 1. The summed E-state index contributed by atoms with van der Waals surface area (Å²) in [6, 6.07) is 25.4. The largest absolute Gasteiger partial charge is 0.354 e. The molecule has 0 radical (unpaired) electrons. The fourth-order valence-electron chi connectivity index (χ4n) is 3.70. The van der Waals surface area contributed by atoms with E-state index < -0.39 is 0 Å². The summed E-state index contributed by atoms with van der Waals surface area (Å²) in [5.41, 5.74) is 11.2. The van der Waals surface area contributed by atoms with E-state index in [-0.39, 0.29) is 24.8 Å². The Balaban J connectivity index is 0.00000160. The molecule has 3 nitrogen and oxygen atoms in total. The van der Waals surface area contributed by atoms with E-state index in [0.29, 0.717) is 0 Å². The highest BCUT2D eigenvalue weighted by molar-refractivity contribution is 6.08. The van der Waals surface area contributed by atoms with E-state index in [0.717, 1.165) is 52.6 Å². The Hall–Kier alpha value is -2.33. The maximum atomic E-state index is 5.56. The van der Waals surface area contributed by atoms with Crippen LogP contribution in [0.5, 0.6) is 0 Å². The second-order valence-corrected chi connectivity index (χ2v) is 7.30. The second-order valence-electron chi connectivity index (χ2n) is 7.30. The number of fused-ring (bicyclic) bond motifs is 2. The third-order valence-corrected chi connectivity index (χ3v) is 5.23. The lowest BCUT2D eigenvalue weighted by atomic mass is 10.0. The number of para-hydroxylation sites is 2. The number of benzene rings is 3. The van der Waals surface area contributed by atoms with E-state index >= 15 is 0 Å². The SMILES string of the molecule is Cl.Cl.NCCCCCCc1ccc(Nc2c3ccccc3nc3ccccc23)cc1. The van der Waals surface area contributed by atoms with E-state index in [1.165, 1.54) is 24.8 Å². The second kappa shape index (κ2) is 11.8. The lowest BCUT2D eigenvalue weighted by molar-refractivity contribution is 0.647. The van der Waals surface area contributed by atoms with Crippen LogP contribution in [0.4, 0.5) is 11.4 Å². The first-order valence-corrected chi connectivity index (χ1v) is 10.2. The average Bonchev–Trinajstić information content (AvgIpc) is 2.74. The van der Waals surface area contributed by atoms with E-state index in [9.17, 15) is 0 Å². The molecule has 0 amide bonds. The van der Waals surface area contributed by atoms with Crippen molar-refractivity contribution >= 4 is 58.0 Å². The Bertz CT molecular complexity index is 1010. The first-order chi connectivity index (χ1) is 13.8. The van der Waals surface area contributed by atoms with Gasteiger partial charge in [0.1, 0.15) is 0 Å². The molecule has 0 unspecified atom stereocenters. The molecule has 0 aliphatic rings. The fraction of sp³-hybridized carbons (Fsp3) is 0.240. The van der Waals surface area contributed by atoms with Gasteiger partial charge in [0.2, 0.25) is 0 Å². The van der Waals surface area contributed by atoms with Gasteiger partial charge in [-0.15, -0.1) is 24.8 Å². The van der Waals surface area contributed by atoms with Gasteiger partial charge in [0.05, 0.1) is 16.7 Å². The van der Waals surface area contributed by atoms with Crippen molar-refractivity contribution in [3.8, 4) is 0 Å². The molecule has 0 aliphatic carbocycles. The minimum Gasteiger partial charge on any atom is -0.354 e. The lowest BCUT2D eigenvalue weighted by Crippen LogP contribution is -1.98. The van der Waals surface area contributed by atoms with Crippen LogP contribution in [0.2, 0.25) is 0 Å². The summed E-state index contributed by atoms with van der Waals surface area (Å²) in [7, 11) is 0. The zero-order valence-electron chi connectivity index (χ0n) is 17.0. The van der Waals surface area contributed by atoms with Crippen LogP contribution in [0.15, 0.2) is 72.8 Å². The Labute approximate surface area is 190 Å². The molecule has 0 atom stereocenters. The number of hydrogen-bond acceptors (Lipinski definition) is 3. The molecular weight excluding hydrogens is 413 g/mol. The van der Waals surface area contributed by atoms with Gasteiger partial charge in [0, 0.05) is 16.5 Å². The minimum absolute atomic E-state index is 0. The van der Waals surface area contributed by atoms with Crippen LogP contribution in [-0.4, -0.2) is 11.5 Å². The smallest absolute Gasteiger partial charge is 0.0730 e. The lowest BCUT2D eigenvalue weighted by Gasteiger charge is -2.13. The summed E-state index contributed by atoms with van der Waals surface area (Å²) in [6.45, 7) is 0.804. The fourth-order valence-corrected chi connectivity index (χ4v) is 3.70. The zero-order chi connectivity index (χ0) is 19.2. The van der Waals surface area contributed by atoms with E-state index in [1.54, 1.807) is 0 Å². The Morgan fingerprint density at radius 3 is 1.83 bits per heavy atom. The van der Waals surface area contributed by atoms with Crippen molar-refractivity contribution < 1.29 is 0 Å². The summed E-state index contributed by atoms with van der Waals surface area (Å²) >= 11 is 0. The molecule has 0 saturated carbocycles. The predicted molar refractivity (Wildman–Crippen MR) is 135 cm³/mol. The Kier molecular flexibility index (Phi) is 9.38. The van der Waals surface area contributed by atoms with Crippen molar-refractivity contribution in [1.82, 2.24) is 4.98 Å². The van der Waals surface area contributed by atoms with Gasteiger partial charge in [-0.05, 0) is 55.6 Å². The first kappa shape index (κ1) is 23.9. The molecular formula is C25H29Cl2N3. The van der Waals surface area contributed by atoms with Crippen LogP contribution < -0.4 is 11.1 Å². The third kappa shape index (κ3) is 5.63. The van der Waals surface area contributed by atoms with Crippen LogP contribution in [0.25, 0.3) is 21.8 Å². The number of unbranched alkanes of at least 4 members (excludes halogenated alkanes) is 3. The number of rotatable bonds is 8. The highest BCUT2D eigenvalue weighted by Crippen LogP contribution is 2.33. The number of hydrogen-bond donors (Lipinski definition) is 2. The van der Waals surface area contributed by atoms with E-state index in [2.05, 4.69) is 66.0 Å². The van der Waals surface area contributed by atoms with Crippen LogP contribution in [0.3, 0.4) is 0 Å². The van der Waals surface area contributed by atoms with Crippen molar-refractivity contribution in [3.05, 3.63) is 78.4 Å². The van der Waals surface area contributed by atoms with E-state index in [4.69, 9.17) is 10.7 Å². The average molecular weight is 442 g/mol. The quantitative estimate of drug-likeness (QED) is 0.227. The standard InChI is InChI=1S/C25H27N3.2ClH/c26-18-8-2-1-3-9-19-14-16-20(17-15-19)27-25-21-10-4-6-12-23(21)28-24-13-7-5-11-22(24)25;;/h4-7,10-17H,1-3,8-9,18,26H2,(H,27,28);2*1H. The number of aromatic nitrogens is 1. The van der Waals surface area contributed by atoms with Crippen molar-refractivity contribution in [3.63, 3.8) is 0 Å². The topological polar surface area (TPSA) is 50.9 Å². The number of pyridine rings is 1. The molecule has 158 valence electrons. The summed E-state index contributed by atoms with van der Waals surface area (Å²) < 4.78 is 0. The Morgan fingerprint density at radius 1 is 0.667 bits per heavy atom. The van der Waals surface area contributed by atoms with Crippen molar-refractivity contribution in [2.75, 3.05) is 11.9 Å². The molecule has 0 saturated heterocycles. The van der Waals surface area contributed by atoms with Gasteiger partial charge < -0.3 is 11.1 Å². The molecule has 0 fully saturated rings. The molecule has 4 rings (SSSR count). The van der Waals surface area contributed by atoms with Gasteiger partial charge in [-0.1, -0.05) is 61.4 Å². The number of anilines is 2. The van der Waals surface area contributed by atoms with Crippen molar-refractivity contribution in [1.29, 1.82) is 0 Å². The van der Waals surface area contributed by atoms with E-state index in [1.807, 2.05) is 12.1 Å². The number of nitrogens with one attached hydrogen (secondary N) is 1. The first-order valence-electron chi connectivity index (χ1n) is 10.2. The van der Waals surface area contributed by atoms with Crippen LogP contribution >= 0.6 is 24.8 Å². The van der Waals surface area contributed by atoms with Crippen molar-refractivity contribution in [2.45, 2.75) is 32.1 Å². The van der Waals surface area contributed by atoms with Gasteiger partial charge >= 0.3 is 0 Å². The van der Waals surface area contributed by atoms with Crippen LogP contribution in [0, 0.1) is 0 Å². The molecule has 1 heterocycles. The van der Waals surface area contributed by atoms with Crippen molar-refractivity contribution in [2.24, 2.45) is 5.73 Å². The van der Waals surface area contributed by atoms with Gasteiger partial charge in [0.15, 0.2) is 0 Å². The van der Waals surface area contributed by atoms with Crippen LogP contribution in [0.1, 0.15) is 31.2 Å². The molecule has 3 aromatic carbocycles. The highest BCUT2D eigenvalue weighted by Gasteiger charge is 2.09. The number of halogens is 2. The van der Waals surface area contributed by atoms with Gasteiger partial charge in [-0.2, -0.15) is 0 Å². The number of nitrogens with zero attached hydrogens (tertiary/aromatic N) is 1. The zero-order valence-corrected chi connectivity index (χ0v) is 18.6. The summed E-state index contributed by atoms with van der Waals surface area (Å²) in [5, 5.41) is 5.93. The maximum Gasteiger partial charge on any atom is 0.0730 e. The molecule has 30 heavy (non-hydrogen) atoms. The number of nitrogens with two attached hydrogens (primary N) is 1. The Morgan fingerprint density at radius 2 is 1.23 bits per heavy atom. The van der Waals surface area contributed by atoms with Gasteiger partial charge in [-0.3, -0.25) is 0 Å². The minimum atomic E-state index is 0. The molecule has 0 aliphatic heterocycles. The summed E-state index contributed by atoms with van der Waals surface area (Å²) in [6.07, 6.45) is 5.99. The molecule has 0 spiro atoms. The maximum absolute atomic E-state index is 5.56. The molecule has 1 aromatic heterocycles. The van der Waals surface area contributed by atoms with Gasteiger partial charge in [0.25, 0.3) is 0 Å². The summed E-state index contributed by atoms with van der Waals surface area (Å²) in [5.74, 6) is 0. The molecule has 5 heteroatoms. The predicted octanol–water partition coefficient (Wildman–Crippen LogP) is 7.04. The molecule has 4 aromatic rings.